The first kappa shape index (κ1) is 11.3. The molecule has 13 heavy (non-hydrogen) atoms. The van der Waals surface area contributed by atoms with Crippen molar-refractivity contribution in [2.24, 2.45) is 0 Å². The van der Waals surface area contributed by atoms with Crippen molar-refractivity contribution >= 4 is 34.8 Å². The number of thiol groups is 1. The number of benzene rings is 1. The highest BCUT2D eigenvalue weighted by Crippen LogP contribution is 2.21. The van der Waals surface area contributed by atoms with Gasteiger partial charge in [-0.25, -0.2) is 0 Å². The van der Waals surface area contributed by atoms with Gasteiger partial charge in [0.1, 0.15) is 23.0 Å². The maximum absolute atomic E-state index is 5.34. The van der Waals surface area contributed by atoms with E-state index >= 15 is 0 Å². The van der Waals surface area contributed by atoms with Crippen LogP contribution in [-0.2, 0) is 14.8 Å². The van der Waals surface area contributed by atoms with Crippen LogP contribution in [0.2, 0.25) is 0 Å². The SMILES string of the molecule is Cc1cccc([SH+]C(C)(C)OI)c1. The Balaban J connectivity index is 2.74. The second-order valence-electron chi connectivity index (χ2n) is 3.47. The van der Waals surface area contributed by atoms with Crippen LogP contribution >= 0.6 is 23.0 Å². The van der Waals surface area contributed by atoms with Gasteiger partial charge in [-0.1, -0.05) is 12.1 Å². The summed E-state index contributed by atoms with van der Waals surface area (Å²) in [5.74, 6) is 0. The molecule has 0 amide bonds. The summed E-state index contributed by atoms with van der Waals surface area (Å²) in [6, 6.07) is 8.52. The Morgan fingerprint density at radius 1 is 1.38 bits per heavy atom. The van der Waals surface area contributed by atoms with Crippen molar-refractivity contribution in [2.75, 3.05) is 0 Å². The molecule has 1 rings (SSSR count). The zero-order chi connectivity index (χ0) is 9.90. The molecule has 0 aliphatic carbocycles. The molecule has 1 aromatic rings. The number of hydrogen-bond donors (Lipinski definition) is 0. The molecule has 0 aromatic heterocycles. The summed E-state index contributed by atoms with van der Waals surface area (Å²) in [7, 11) is 0. The predicted molar refractivity (Wildman–Crippen MR) is 67.4 cm³/mol. The van der Waals surface area contributed by atoms with Crippen LogP contribution in [0.25, 0.3) is 0 Å². The average molecular weight is 309 g/mol. The number of aryl methyl sites for hydroxylation is 1. The number of halogens is 1. The van der Waals surface area contributed by atoms with E-state index in [0.717, 1.165) is 0 Å². The number of hydrogen-bond acceptors (Lipinski definition) is 1. The molecule has 1 aromatic carbocycles. The zero-order valence-corrected chi connectivity index (χ0v) is 11.1. The van der Waals surface area contributed by atoms with E-state index < -0.39 is 0 Å². The maximum atomic E-state index is 5.34. The molecular weight excluding hydrogens is 295 g/mol. The Labute approximate surface area is 97.9 Å². The third kappa shape index (κ3) is 3.87. The van der Waals surface area contributed by atoms with Gasteiger partial charge in [-0.15, -0.1) is 0 Å². The normalized spacial score (nSPS) is 11.7. The smallest absolute Gasteiger partial charge is 0.235 e. The van der Waals surface area contributed by atoms with E-state index in [9.17, 15) is 0 Å². The molecule has 0 saturated heterocycles. The minimum absolute atomic E-state index is 0.103. The third-order valence-corrected chi connectivity index (χ3v) is 4.20. The van der Waals surface area contributed by atoms with Crippen LogP contribution in [0.3, 0.4) is 0 Å². The van der Waals surface area contributed by atoms with Crippen molar-refractivity contribution < 1.29 is 3.07 Å². The molecular formula is C10H14IOS+. The lowest BCUT2D eigenvalue weighted by molar-refractivity contribution is 0.291. The molecule has 72 valence electrons. The first-order valence-electron chi connectivity index (χ1n) is 4.13. The average Bonchev–Trinajstić information content (AvgIpc) is 2.03. The van der Waals surface area contributed by atoms with E-state index in [-0.39, 0.29) is 4.93 Å². The van der Waals surface area contributed by atoms with E-state index in [1.54, 1.807) is 0 Å². The maximum Gasteiger partial charge on any atom is 0.235 e. The minimum atomic E-state index is -0.103. The lowest BCUT2D eigenvalue weighted by atomic mass is 10.2. The largest absolute Gasteiger partial charge is 0.261 e. The standard InChI is InChI=1S/C10H13IOS/c1-8-5-4-6-9(7-8)13-10(2,3)12-11/h4-7H,1-3H3/p+1. The molecule has 0 fully saturated rings. The Kier molecular flexibility index (Phi) is 4.06. The monoisotopic (exact) mass is 309 g/mol. The van der Waals surface area contributed by atoms with Gasteiger partial charge in [0.15, 0.2) is 4.90 Å². The highest BCUT2D eigenvalue weighted by Gasteiger charge is 2.27. The topological polar surface area (TPSA) is 9.23 Å². The van der Waals surface area contributed by atoms with Crippen LogP contribution in [0.15, 0.2) is 29.2 Å². The molecule has 0 radical (unpaired) electrons. The molecule has 0 saturated carbocycles. The molecule has 0 aliphatic rings. The lowest BCUT2D eigenvalue weighted by Gasteiger charge is -2.11. The first-order valence-corrected chi connectivity index (χ1v) is 5.90. The summed E-state index contributed by atoms with van der Waals surface area (Å²) < 4.78 is 5.34. The zero-order valence-electron chi connectivity index (χ0n) is 8.04. The summed E-state index contributed by atoms with van der Waals surface area (Å²) in [4.78, 5) is 1.20. The molecule has 1 nitrogen and oxygen atoms in total. The van der Waals surface area contributed by atoms with Crippen molar-refractivity contribution in [1.29, 1.82) is 0 Å². The van der Waals surface area contributed by atoms with Crippen molar-refractivity contribution in [3.8, 4) is 0 Å². The molecule has 0 N–H and O–H groups in total. The fourth-order valence-electron chi connectivity index (χ4n) is 1.03. The van der Waals surface area contributed by atoms with Gasteiger partial charge in [0, 0.05) is 25.6 Å². The minimum Gasteiger partial charge on any atom is -0.261 e. The van der Waals surface area contributed by atoms with Gasteiger partial charge in [0.25, 0.3) is 0 Å². The summed E-state index contributed by atoms with van der Waals surface area (Å²) in [5, 5.41) is 0. The summed E-state index contributed by atoms with van der Waals surface area (Å²) >= 11 is 3.17. The Morgan fingerprint density at radius 3 is 2.62 bits per heavy atom. The Bertz CT molecular complexity index is 286. The van der Waals surface area contributed by atoms with Crippen molar-refractivity contribution in [3.63, 3.8) is 0 Å². The number of rotatable bonds is 3. The van der Waals surface area contributed by atoms with E-state index in [2.05, 4.69) is 45.0 Å². The van der Waals surface area contributed by atoms with Crippen LogP contribution in [0, 0.1) is 6.92 Å². The Morgan fingerprint density at radius 2 is 2.08 bits per heavy atom. The fourth-order valence-corrected chi connectivity index (χ4v) is 2.41. The molecule has 0 spiro atoms. The summed E-state index contributed by atoms with van der Waals surface area (Å²) in [6.07, 6.45) is 0. The van der Waals surface area contributed by atoms with Gasteiger partial charge < -0.3 is 0 Å². The van der Waals surface area contributed by atoms with Crippen LogP contribution in [0.5, 0.6) is 0 Å². The molecule has 0 heterocycles. The quantitative estimate of drug-likeness (QED) is 0.473. The van der Waals surface area contributed by atoms with Crippen molar-refractivity contribution in [1.82, 2.24) is 0 Å². The highest BCUT2D eigenvalue weighted by molar-refractivity contribution is 14.1. The van der Waals surface area contributed by atoms with Gasteiger partial charge in [0.05, 0.1) is 0 Å². The third-order valence-electron chi connectivity index (χ3n) is 1.59. The predicted octanol–water partition coefficient (Wildman–Crippen LogP) is 3.27. The first-order chi connectivity index (χ1) is 6.03. The van der Waals surface area contributed by atoms with E-state index in [0.29, 0.717) is 0 Å². The van der Waals surface area contributed by atoms with Gasteiger partial charge >= 0.3 is 0 Å². The van der Waals surface area contributed by atoms with Crippen molar-refractivity contribution in [3.05, 3.63) is 29.8 Å². The van der Waals surface area contributed by atoms with Gasteiger partial charge in [-0.2, -0.15) is 0 Å². The van der Waals surface area contributed by atoms with Crippen LogP contribution in [0.4, 0.5) is 0 Å². The van der Waals surface area contributed by atoms with E-state index in [1.165, 1.54) is 22.2 Å². The van der Waals surface area contributed by atoms with Crippen molar-refractivity contribution in [2.45, 2.75) is 30.6 Å². The Hall–Kier alpha value is 0.260. The van der Waals surface area contributed by atoms with Gasteiger partial charge in [-0.05, 0) is 24.6 Å². The fraction of sp³-hybridized carbons (Fsp3) is 0.400. The highest BCUT2D eigenvalue weighted by atomic mass is 127. The lowest BCUT2D eigenvalue weighted by Crippen LogP contribution is -2.21. The molecule has 0 aliphatic heterocycles. The molecule has 0 unspecified atom stereocenters. The van der Waals surface area contributed by atoms with Crippen LogP contribution in [-0.4, -0.2) is 4.93 Å². The second kappa shape index (κ2) is 4.66. The molecule has 3 heteroatoms. The second-order valence-corrected chi connectivity index (χ2v) is 5.73. The van der Waals surface area contributed by atoms with E-state index in [4.69, 9.17) is 3.07 Å². The van der Waals surface area contributed by atoms with E-state index in [1.807, 2.05) is 23.0 Å². The molecule has 0 atom stereocenters. The van der Waals surface area contributed by atoms with Crippen LogP contribution in [0.1, 0.15) is 19.4 Å². The summed E-state index contributed by atoms with van der Waals surface area (Å²) in [6.45, 7) is 6.28. The van der Waals surface area contributed by atoms with Crippen LogP contribution < -0.4 is 0 Å². The van der Waals surface area contributed by atoms with Gasteiger partial charge in [0.2, 0.25) is 4.93 Å². The van der Waals surface area contributed by atoms with Gasteiger partial charge in [-0.3, -0.25) is 3.07 Å². The molecule has 0 bridgehead atoms. The summed E-state index contributed by atoms with van der Waals surface area (Å²) in [5.41, 5.74) is 1.30.